The SMILES string of the molecule is COc1ncc(-c2nc3c(n2C(C)C)[C@@]2(C(=O)Nc4cc(Cl)ccc42)N(c2cc(C)ccc2C)C3=O)c(OC)n1. The fourth-order valence-electron chi connectivity index (χ4n) is 5.72. The number of amides is 2. The lowest BCUT2D eigenvalue weighted by atomic mass is 9.86. The van der Waals surface area contributed by atoms with Crippen molar-refractivity contribution in [3.05, 3.63) is 75.7 Å². The minimum Gasteiger partial charge on any atom is -0.480 e. The zero-order valence-corrected chi connectivity index (χ0v) is 23.6. The molecular formula is C29H27ClN6O4. The third-order valence-corrected chi connectivity index (χ3v) is 7.65. The Labute approximate surface area is 235 Å². The van der Waals surface area contributed by atoms with Gasteiger partial charge in [0.05, 0.1) is 25.5 Å². The highest BCUT2D eigenvalue weighted by Gasteiger charge is 2.64. The standard InChI is InChI=1S/C29H27ClN6O4/c1-14(2)35-23-22(33-24(35)18-13-31-28(40-6)34-25(18)39-5)26(37)36(21-11-15(3)7-8-16(21)4)29(23)19-10-9-17(30)12-20(19)32-27(29)38/h7-14H,1-6H3,(H,32,38)/t29-/m0/s1. The summed E-state index contributed by atoms with van der Waals surface area (Å²) in [6.07, 6.45) is 1.54. The van der Waals surface area contributed by atoms with Crippen LogP contribution in [0, 0.1) is 13.8 Å². The van der Waals surface area contributed by atoms with Gasteiger partial charge < -0.3 is 19.4 Å². The fraction of sp³-hybridized carbons (Fsp3) is 0.276. The van der Waals surface area contributed by atoms with E-state index in [-0.39, 0.29) is 29.5 Å². The number of anilines is 2. The van der Waals surface area contributed by atoms with E-state index in [1.165, 1.54) is 14.2 Å². The number of fused-ring (bicyclic) bond motifs is 4. The molecule has 2 aromatic heterocycles. The highest BCUT2D eigenvalue weighted by molar-refractivity contribution is 6.31. The van der Waals surface area contributed by atoms with Crippen LogP contribution in [0.2, 0.25) is 5.02 Å². The van der Waals surface area contributed by atoms with Gasteiger partial charge in [0, 0.05) is 34.2 Å². The quantitative estimate of drug-likeness (QED) is 0.364. The molecule has 4 aromatic rings. The molecule has 40 heavy (non-hydrogen) atoms. The molecule has 204 valence electrons. The number of rotatable bonds is 5. The molecule has 0 radical (unpaired) electrons. The van der Waals surface area contributed by atoms with Crippen molar-refractivity contribution in [1.82, 2.24) is 19.5 Å². The number of imidazole rings is 1. The number of hydrogen-bond donors (Lipinski definition) is 1. The first-order valence-corrected chi connectivity index (χ1v) is 13.1. The summed E-state index contributed by atoms with van der Waals surface area (Å²) in [5.41, 5.74) is 3.13. The van der Waals surface area contributed by atoms with E-state index in [2.05, 4.69) is 15.3 Å². The molecule has 11 heteroatoms. The molecule has 0 saturated carbocycles. The van der Waals surface area contributed by atoms with Crippen LogP contribution in [0.3, 0.4) is 0 Å². The van der Waals surface area contributed by atoms with E-state index >= 15 is 0 Å². The summed E-state index contributed by atoms with van der Waals surface area (Å²) in [5, 5.41) is 3.46. The van der Waals surface area contributed by atoms with Crippen molar-refractivity contribution in [1.29, 1.82) is 0 Å². The van der Waals surface area contributed by atoms with Crippen molar-refractivity contribution < 1.29 is 19.1 Å². The molecule has 0 saturated heterocycles. The van der Waals surface area contributed by atoms with Crippen LogP contribution in [0.5, 0.6) is 11.9 Å². The lowest BCUT2D eigenvalue weighted by Gasteiger charge is -2.36. The van der Waals surface area contributed by atoms with Gasteiger partial charge in [-0.1, -0.05) is 29.8 Å². The molecule has 0 bridgehead atoms. The summed E-state index contributed by atoms with van der Waals surface area (Å²) in [5.74, 6) is -0.129. The molecular weight excluding hydrogens is 532 g/mol. The molecule has 2 aliphatic heterocycles. The molecule has 1 atom stereocenters. The van der Waals surface area contributed by atoms with Crippen LogP contribution < -0.4 is 19.7 Å². The van der Waals surface area contributed by atoms with Crippen LogP contribution in [0.4, 0.5) is 11.4 Å². The summed E-state index contributed by atoms with van der Waals surface area (Å²) < 4.78 is 12.6. The third kappa shape index (κ3) is 3.38. The monoisotopic (exact) mass is 558 g/mol. The Balaban J connectivity index is 1.73. The number of carbonyl (C=O) groups is 2. The Morgan fingerprint density at radius 1 is 1.02 bits per heavy atom. The minimum absolute atomic E-state index is 0.130. The zero-order chi connectivity index (χ0) is 28.5. The van der Waals surface area contributed by atoms with Gasteiger partial charge in [0.1, 0.15) is 5.82 Å². The van der Waals surface area contributed by atoms with Crippen molar-refractivity contribution in [3.8, 4) is 23.3 Å². The van der Waals surface area contributed by atoms with Gasteiger partial charge in [-0.2, -0.15) is 4.98 Å². The highest BCUT2D eigenvalue weighted by atomic mass is 35.5. The summed E-state index contributed by atoms with van der Waals surface area (Å²) in [6.45, 7) is 7.81. The minimum atomic E-state index is -1.54. The topological polar surface area (TPSA) is 111 Å². The number of nitrogens with one attached hydrogen (secondary N) is 1. The number of hydrogen-bond acceptors (Lipinski definition) is 7. The second kappa shape index (κ2) is 9.06. The van der Waals surface area contributed by atoms with E-state index in [0.29, 0.717) is 39.0 Å². The molecule has 10 nitrogen and oxygen atoms in total. The lowest BCUT2D eigenvalue weighted by molar-refractivity contribution is -0.119. The van der Waals surface area contributed by atoms with Crippen molar-refractivity contribution in [3.63, 3.8) is 0 Å². The number of carbonyl (C=O) groups excluding carboxylic acids is 2. The van der Waals surface area contributed by atoms with Gasteiger partial charge in [-0.25, -0.2) is 9.97 Å². The van der Waals surface area contributed by atoms with Crippen LogP contribution in [0.15, 0.2) is 42.6 Å². The van der Waals surface area contributed by atoms with Gasteiger partial charge in [0.25, 0.3) is 11.8 Å². The van der Waals surface area contributed by atoms with E-state index in [9.17, 15) is 9.59 Å². The van der Waals surface area contributed by atoms with Gasteiger partial charge in [0.15, 0.2) is 11.2 Å². The number of benzene rings is 2. The zero-order valence-electron chi connectivity index (χ0n) is 22.9. The van der Waals surface area contributed by atoms with Crippen molar-refractivity contribution in [2.75, 3.05) is 24.4 Å². The second-order valence-electron chi connectivity index (χ2n) is 10.2. The summed E-state index contributed by atoms with van der Waals surface area (Å²) in [7, 11) is 2.95. The van der Waals surface area contributed by atoms with E-state index < -0.39 is 11.4 Å². The fourth-order valence-corrected chi connectivity index (χ4v) is 5.89. The number of halogens is 1. The molecule has 4 heterocycles. The predicted octanol–water partition coefficient (Wildman–Crippen LogP) is 5.06. The number of methoxy groups -OCH3 is 2. The molecule has 2 aromatic carbocycles. The first-order chi connectivity index (χ1) is 19.1. The largest absolute Gasteiger partial charge is 0.480 e. The van der Waals surface area contributed by atoms with Crippen LogP contribution in [-0.2, 0) is 10.3 Å². The van der Waals surface area contributed by atoms with Crippen LogP contribution in [-0.4, -0.2) is 45.6 Å². The molecule has 2 aliphatic rings. The van der Waals surface area contributed by atoms with Gasteiger partial charge in [-0.3, -0.25) is 14.5 Å². The first-order valence-electron chi connectivity index (χ1n) is 12.7. The lowest BCUT2D eigenvalue weighted by Crippen LogP contribution is -2.51. The molecule has 0 aliphatic carbocycles. The average Bonchev–Trinajstić information content (AvgIpc) is 3.53. The van der Waals surface area contributed by atoms with Crippen molar-refractivity contribution >= 4 is 34.8 Å². The second-order valence-corrected chi connectivity index (χ2v) is 10.6. The number of nitrogens with zero attached hydrogens (tertiary/aromatic N) is 5. The first kappa shape index (κ1) is 25.8. The van der Waals surface area contributed by atoms with E-state index in [0.717, 1.165) is 11.1 Å². The number of ether oxygens (including phenoxy) is 2. The van der Waals surface area contributed by atoms with Gasteiger partial charge >= 0.3 is 6.01 Å². The average molecular weight is 559 g/mol. The Kier molecular flexibility index (Phi) is 5.85. The molecule has 1 spiro atoms. The Hall–Kier alpha value is -4.44. The van der Waals surface area contributed by atoms with E-state index in [1.54, 1.807) is 29.3 Å². The van der Waals surface area contributed by atoms with Crippen molar-refractivity contribution in [2.45, 2.75) is 39.3 Å². The van der Waals surface area contributed by atoms with E-state index in [4.69, 9.17) is 26.1 Å². The maximum atomic E-state index is 14.5. The summed E-state index contributed by atoms with van der Waals surface area (Å²) >= 11 is 6.33. The predicted molar refractivity (Wildman–Crippen MR) is 150 cm³/mol. The van der Waals surface area contributed by atoms with Crippen LogP contribution >= 0.6 is 11.6 Å². The van der Waals surface area contributed by atoms with E-state index in [1.807, 2.05) is 50.5 Å². The molecule has 2 amide bonds. The van der Waals surface area contributed by atoms with Gasteiger partial charge in [-0.15, -0.1) is 0 Å². The smallest absolute Gasteiger partial charge is 0.319 e. The van der Waals surface area contributed by atoms with Crippen molar-refractivity contribution in [2.24, 2.45) is 0 Å². The molecule has 6 rings (SSSR count). The molecule has 0 unspecified atom stereocenters. The van der Waals surface area contributed by atoms with Gasteiger partial charge in [-0.05, 0) is 57.0 Å². The maximum absolute atomic E-state index is 14.5. The third-order valence-electron chi connectivity index (χ3n) is 7.41. The highest BCUT2D eigenvalue weighted by Crippen LogP contribution is 2.55. The van der Waals surface area contributed by atoms with Gasteiger partial charge in [0.2, 0.25) is 5.88 Å². The Morgan fingerprint density at radius 3 is 2.50 bits per heavy atom. The molecule has 1 N–H and O–H groups in total. The molecule has 0 fully saturated rings. The Bertz CT molecular complexity index is 1730. The number of aryl methyl sites for hydroxylation is 2. The van der Waals surface area contributed by atoms with Crippen LogP contribution in [0.25, 0.3) is 11.4 Å². The number of aromatic nitrogens is 4. The normalized spacial score (nSPS) is 17.4. The summed E-state index contributed by atoms with van der Waals surface area (Å²) in [4.78, 5) is 43.8. The van der Waals surface area contributed by atoms with Crippen LogP contribution in [0.1, 0.15) is 52.8 Å². The summed E-state index contributed by atoms with van der Waals surface area (Å²) in [6, 6.07) is 11.0. The Morgan fingerprint density at radius 2 is 1.80 bits per heavy atom. The maximum Gasteiger partial charge on any atom is 0.319 e.